The lowest BCUT2D eigenvalue weighted by Gasteiger charge is -2.31. The zero-order valence-electron chi connectivity index (χ0n) is 17.9. The number of aliphatic hydroxyl groups is 1. The highest BCUT2D eigenvalue weighted by Gasteiger charge is 2.44. The van der Waals surface area contributed by atoms with Gasteiger partial charge in [0.1, 0.15) is 18.7 Å². The summed E-state index contributed by atoms with van der Waals surface area (Å²) in [5.41, 5.74) is 10.1. The average Bonchev–Trinajstić information content (AvgIpc) is 3.18. The van der Waals surface area contributed by atoms with Crippen LogP contribution in [0.15, 0.2) is 23.3 Å². The second kappa shape index (κ2) is 7.21. The molecule has 3 aliphatic rings. The number of nitrogens with one attached hydrogen (secondary N) is 1. The standard InChI is InChI=1S/C24H24FN3O4/c1-3-24(31)15(12(9-29)10-32-23(24)30)6-19-22-14(8-27-19)20-17(26)5-4-13-11(2)16(25)7-18(28-22)21(13)20/h6-7,9,17,27,31H,3-5,8,10,26H2,1-2H3/b19-6-/t17?,24-/m1/s1. The van der Waals surface area contributed by atoms with Crippen molar-refractivity contribution in [2.45, 2.75) is 51.3 Å². The van der Waals surface area contributed by atoms with E-state index in [1.165, 1.54) is 6.07 Å². The third-order valence-electron chi connectivity index (χ3n) is 6.96. The minimum Gasteiger partial charge on any atom is -0.458 e. The van der Waals surface area contributed by atoms with E-state index < -0.39 is 11.6 Å². The number of aryl methyl sites for hydroxylation is 1. The van der Waals surface area contributed by atoms with E-state index in [0.717, 1.165) is 22.1 Å². The number of hydrogen-bond donors (Lipinski definition) is 3. The lowest BCUT2D eigenvalue weighted by Crippen LogP contribution is -2.45. The molecule has 8 heteroatoms. The van der Waals surface area contributed by atoms with Gasteiger partial charge in [-0.3, -0.25) is 4.79 Å². The summed E-state index contributed by atoms with van der Waals surface area (Å²) in [6, 6.07) is 1.23. The number of esters is 1. The molecule has 7 nitrogen and oxygen atoms in total. The van der Waals surface area contributed by atoms with Crippen LogP contribution in [0.3, 0.4) is 0 Å². The van der Waals surface area contributed by atoms with E-state index in [2.05, 4.69) is 5.32 Å². The number of carbonyl (C=O) groups excluding carboxylic acids is 2. The zero-order valence-corrected chi connectivity index (χ0v) is 17.9. The Hall–Kier alpha value is -3.10. The predicted molar refractivity (Wildman–Crippen MR) is 116 cm³/mol. The number of pyridine rings is 1. The SMILES string of the molecule is CC[C@]1(O)C(=O)OCC(C=O)=C1/C=C1\NCc2c1nc1cc(F)c(C)c3c1c2C(N)CC3. The van der Waals surface area contributed by atoms with Crippen molar-refractivity contribution < 1.29 is 23.8 Å². The fourth-order valence-electron chi connectivity index (χ4n) is 5.10. The molecule has 0 amide bonds. The number of fused-ring (bicyclic) bond motifs is 2. The van der Waals surface area contributed by atoms with E-state index in [0.29, 0.717) is 48.1 Å². The first kappa shape index (κ1) is 20.8. The van der Waals surface area contributed by atoms with Crippen molar-refractivity contribution >= 4 is 28.9 Å². The molecule has 0 saturated carbocycles. The Kier molecular flexibility index (Phi) is 4.69. The van der Waals surface area contributed by atoms with Crippen LogP contribution in [-0.4, -0.2) is 34.6 Å². The van der Waals surface area contributed by atoms with E-state index in [9.17, 15) is 19.1 Å². The van der Waals surface area contributed by atoms with Gasteiger partial charge in [-0.15, -0.1) is 0 Å². The summed E-state index contributed by atoms with van der Waals surface area (Å²) in [5, 5.41) is 15.2. The number of carbonyl (C=O) groups is 2. The number of nitrogens with zero attached hydrogens (tertiary/aromatic N) is 1. The maximum Gasteiger partial charge on any atom is 0.343 e. The highest BCUT2D eigenvalue weighted by Crippen LogP contribution is 2.42. The van der Waals surface area contributed by atoms with E-state index in [-0.39, 0.29) is 36.0 Å². The number of nitrogens with two attached hydrogens (primary N) is 1. The van der Waals surface area contributed by atoms with Gasteiger partial charge >= 0.3 is 5.97 Å². The molecule has 5 rings (SSSR count). The van der Waals surface area contributed by atoms with E-state index in [1.807, 2.05) is 0 Å². The number of aldehydes is 1. The van der Waals surface area contributed by atoms with Gasteiger partial charge in [-0.05, 0) is 49.0 Å². The Morgan fingerprint density at radius 1 is 1.44 bits per heavy atom. The number of halogens is 1. The monoisotopic (exact) mass is 437 g/mol. The molecule has 0 saturated heterocycles. The largest absolute Gasteiger partial charge is 0.458 e. The van der Waals surface area contributed by atoms with Gasteiger partial charge in [-0.25, -0.2) is 14.2 Å². The molecule has 1 aliphatic carbocycles. The first-order valence-electron chi connectivity index (χ1n) is 10.7. The van der Waals surface area contributed by atoms with Crippen LogP contribution in [0.1, 0.15) is 53.8 Å². The van der Waals surface area contributed by atoms with Crippen LogP contribution < -0.4 is 11.1 Å². The average molecular weight is 437 g/mol. The molecule has 2 aliphatic heterocycles. The van der Waals surface area contributed by atoms with Gasteiger partial charge in [0.05, 0.1) is 16.9 Å². The second-order valence-electron chi connectivity index (χ2n) is 8.61. The minimum atomic E-state index is -1.93. The third-order valence-corrected chi connectivity index (χ3v) is 6.96. The van der Waals surface area contributed by atoms with Gasteiger partial charge in [0.15, 0.2) is 5.60 Å². The summed E-state index contributed by atoms with van der Waals surface area (Å²) in [4.78, 5) is 28.7. The highest BCUT2D eigenvalue weighted by molar-refractivity contribution is 5.95. The molecule has 3 heterocycles. The molecule has 0 fully saturated rings. The number of ether oxygens (including phenoxy) is 1. The van der Waals surface area contributed by atoms with Crippen LogP contribution in [0.2, 0.25) is 0 Å². The van der Waals surface area contributed by atoms with Crippen LogP contribution in [-0.2, 0) is 27.3 Å². The summed E-state index contributed by atoms with van der Waals surface area (Å²) in [7, 11) is 0. The molecule has 0 bridgehead atoms. The smallest absolute Gasteiger partial charge is 0.343 e. The molecule has 32 heavy (non-hydrogen) atoms. The molecule has 2 atom stereocenters. The first-order valence-corrected chi connectivity index (χ1v) is 10.7. The topological polar surface area (TPSA) is 115 Å². The van der Waals surface area contributed by atoms with Crippen LogP contribution in [0, 0.1) is 12.7 Å². The predicted octanol–water partition coefficient (Wildman–Crippen LogP) is 2.27. The summed E-state index contributed by atoms with van der Waals surface area (Å²) in [5.74, 6) is -1.10. The molecular formula is C24H24FN3O4. The van der Waals surface area contributed by atoms with Crippen molar-refractivity contribution in [2.75, 3.05) is 6.61 Å². The number of aromatic nitrogens is 1. The Bertz CT molecular complexity index is 1270. The Morgan fingerprint density at radius 3 is 2.94 bits per heavy atom. The highest BCUT2D eigenvalue weighted by atomic mass is 19.1. The minimum absolute atomic E-state index is 0.0459. The van der Waals surface area contributed by atoms with Crippen molar-refractivity contribution in [3.05, 3.63) is 57.1 Å². The molecule has 0 radical (unpaired) electrons. The van der Waals surface area contributed by atoms with Gasteiger partial charge < -0.3 is 20.9 Å². The van der Waals surface area contributed by atoms with Crippen LogP contribution in [0.4, 0.5) is 4.39 Å². The van der Waals surface area contributed by atoms with Crippen LogP contribution in [0.5, 0.6) is 0 Å². The van der Waals surface area contributed by atoms with Gasteiger partial charge in [-0.2, -0.15) is 0 Å². The fraction of sp³-hybridized carbons (Fsp3) is 0.375. The van der Waals surface area contributed by atoms with Crippen molar-refractivity contribution in [1.29, 1.82) is 0 Å². The fourth-order valence-corrected chi connectivity index (χ4v) is 5.10. The molecule has 1 aromatic heterocycles. The summed E-state index contributed by atoms with van der Waals surface area (Å²) in [6.07, 6.45) is 3.64. The molecule has 2 aromatic rings. The van der Waals surface area contributed by atoms with E-state index in [4.69, 9.17) is 15.5 Å². The maximum atomic E-state index is 14.6. The van der Waals surface area contributed by atoms with Gasteiger partial charge in [0.2, 0.25) is 0 Å². The van der Waals surface area contributed by atoms with Crippen LogP contribution >= 0.6 is 0 Å². The molecule has 0 spiro atoms. The second-order valence-corrected chi connectivity index (χ2v) is 8.61. The Labute approximate surface area is 184 Å². The molecule has 1 aromatic carbocycles. The zero-order chi connectivity index (χ0) is 22.8. The van der Waals surface area contributed by atoms with Gasteiger partial charge in [0, 0.05) is 40.7 Å². The van der Waals surface area contributed by atoms with Crippen molar-refractivity contribution in [3.8, 4) is 0 Å². The molecule has 166 valence electrons. The summed E-state index contributed by atoms with van der Waals surface area (Å²) in [6.45, 7) is 3.68. The van der Waals surface area contributed by atoms with E-state index >= 15 is 0 Å². The lowest BCUT2D eigenvalue weighted by atomic mass is 9.82. The van der Waals surface area contributed by atoms with Crippen molar-refractivity contribution in [3.63, 3.8) is 0 Å². The Balaban J connectivity index is 1.76. The number of hydrogen-bond acceptors (Lipinski definition) is 7. The molecule has 1 unspecified atom stereocenters. The molecule has 4 N–H and O–H groups in total. The normalized spacial score (nSPS) is 25.7. The lowest BCUT2D eigenvalue weighted by molar-refractivity contribution is -0.162. The molecular weight excluding hydrogens is 413 g/mol. The van der Waals surface area contributed by atoms with Crippen molar-refractivity contribution in [1.82, 2.24) is 10.3 Å². The first-order chi connectivity index (χ1) is 15.3. The number of rotatable bonds is 3. The Morgan fingerprint density at radius 2 is 2.22 bits per heavy atom. The number of cyclic esters (lactones) is 1. The van der Waals surface area contributed by atoms with E-state index in [1.54, 1.807) is 19.9 Å². The maximum absolute atomic E-state index is 14.6. The van der Waals surface area contributed by atoms with Gasteiger partial charge in [0.25, 0.3) is 0 Å². The quantitative estimate of drug-likeness (QED) is 0.498. The third kappa shape index (κ3) is 2.76. The van der Waals surface area contributed by atoms with Crippen molar-refractivity contribution in [2.24, 2.45) is 5.73 Å². The summed E-state index contributed by atoms with van der Waals surface area (Å²) >= 11 is 0. The number of benzene rings is 1. The summed E-state index contributed by atoms with van der Waals surface area (Å²) < 4.78 is 19.6. The van der Waals surface area contributed by atoms with Crippen LogP contribution in [0.25, 0.3) is 16.6 Å². The van der Waals surface area contributed by atoms with Gasteiger partial charge in [-0.1, -0.05) is 6.92 Å².